The van der Waals surface area contributed by atoms with Gasteiger partial charge in [0.25, 0.3) is 0 Å². The number of fused-ring (bicyclic) bond motifs is 2. The number of benzene rings is 1. The Morgan fingerprint density at radius 2 is 2.23 bits per heavy atom. The number of rotatable bonds is 5. The van der Waals surface area contributed by atoms with Crippen molar-refractivity contribution in [2.45, 2.75) is 26.4 Å². The zero-order valence-electron chi connectivity index (χ0n) is 16.4. The van der Waals surface area contributed by atoms with Gasteiger partial charge in [-0.05, 0) is 49.1 Å². The van der Waals surface area contributed by atoms with Crippen LogP contribution in [0.1, 0.15) is 18.9 Å². The molecule has 2 atom stereocenters. The minimum Gasteiger partial charge on any atom is -0.489 e. The summed E-state index contributed by atoms with van der Waals surface area (Å²) in [6.07, 6.45) is 2.57. The van der Waals surface area contributed by atoms with Gasteiger partial charge in [0, 0.05) is 17.6 Å². The van der Waals surface area contributed by atoms with Crippen LogP contribution in [0.15, 0.2) is 30.6 Å². The van der Waals surface area contributed by atoms with Gasteiger partial charge in [-0.2, -0.15) is 10.2 Å². The molecule has 0 saturated heterocycles. The normalized spacial score (nSPS) is 18.1. The van der Waals surface area contributed by atoms with Gasteiger partial charge in [0.05, 0.1) is 24.2 Å². The fourth-order valence-corrected chi connectivity index (χ4v) is 3.76. The highest BCUT2D eigenvalue weighted by atomic mass is 19.1. The first-order valence-corrected chi connectivity index (χ1v) is 9.70. The average molecular weight is 411 g/mol. The third-order valence-electron chi connectivity index (χ3n) is 5.38. The SMILES string of the molecule is CCOc1c(F)c(C)c(-c2ccn3nc(NC(=O)[C@@H]4C[C@@H]4F)cc3c2)c2cn[nH]c12. The van der Waals surface area contributed by atoms with Crippen LogP contribution >= 0.6 is 0 Å². The highest BCUT2D eigenvalue weighted by Gasteiger charge is 2.43. The molecular formula is C21H19F2N5O2. The van der Waals surface area contributed by atoms with Crippen molar-refractivity contribution >= 4 is 28.1 Å². The fraction of sp³-hybridized carbons (Fsp3) is 0.286. The molecule has 0 unspecified atom stereocenters. The Morgan fingerprint density at radius 3 is 2.97 bits per heavy atom. The van der Waals surface area contributed by atoms with Gasteiger partial charge < -0.3 is 10.1 Å². The highest BCUT2D eigenvalue weighted by molar-refractivity contribution is 6.00. The summed E-state index contributed by atoms with van der Waals surface area (Å²) < 4.78 is 35.2. The van der Waals surface area contributed by atoms with E-state index in [1.165, 1.54) is 0 Å². The summed E-state index contributed by atoms with van der Waals surface area (Å²) in [5, 5.41) is 14.6. The van der Waals surface area contributed by atoms with Crippen LogP contribution in [0.5, 0.6) is 5.75 Å². The summed E-state index contributed by atoms with van der Waals surface area (Å²) in [5.41, 5.74) is 3.14. The molecule has 1 amide bonds. The van der Waals surface area contributed by atoms with Crippen LogP contribution in [0.2, 0.25) is 0 Å². The maximum atomic E-state index is 15.0. The van der Waals surface area contributed by atoms with E-state index < -0.39 is 17.9 Å². The van der Waals surface area contributed by atoms with E-state index in [0.717, 1.165) is 10.9 Å². The van der Waals surface area contributed by atoms with Crippen LogP contribution < -0.4 is 10.1 Å². The molecule has 9 heteroatoms. The summed E-state index contributed by atoms with van der Waals surface area (Å²) >= 11 is 0. The number of pyridine rings is 1. The molecule has 7 nitrogen and oxygen atoms in total. The Balaban J connectivity index is 1.57. The zero-order chi connectivity index (χ0) is 21.0. The lowest BCUT2D eigenvalue weighted by molar-refractivity contribution is -0.117. The number of amides is 1. The predicted octanol–water partition coefficient (Wildman–Crippen LogP) is 4.02. The standard InChI is InChI=1S/C21H19F2N5O2/c1-3-30-20-18(23)10(2)17(14-9-24-26-19(14)20)11-4-5-28-12(6-11)7-16(27-28)25-21(29)13-8-15(13)22/h4-7,9,13,15H,3,8H2,1-2H3,(H,24,26)(H,25,27,29)/t13-,15+/m1/s1. The molecule has 0 bridgehead atoms. The number of hydrogen-bond acceptors (Lipinski definition) is 4. The minimum atomic E-state index is -1.07. The first kappa shape index (κ1) is 18.5. The Bertz CT molecular complexity index is 1300. The van der Waals surface area contributed by atoms with E-state index in [4.69, 9.17) is 4.74 Å². The van der Waals surface area contributed by atoms with Gasteiger partial charge in [-0.1, -0.05) is 0 Å². The third-order valence-corrected chi connectivity index (χ3v) is 5.38. The number of hydrogen-bond donors (Lipinski definition) is 2. The smallest absolute Gasteiger partial charge is 0.231 e. The maximum Gasteiger partial charge on any atom is 0.231 e. The Morgan fingerprint density at radius 1 is 1.43 bits per heavy atom. The molecule has 0 radical (unpaired) electrons. The Labute approximate surface area is 170 Å². The number of H-pyrrole nitrogens is 1. The number of halogens is 2. The second kappa shape index (κ2) is 6.79. The molecule has 0 spiro atoms. The molecule has 4 aromatic rings. The van der Waals surface area contributed by atoms with Crippen molar-refractivity contribution in [2.75, 3.05) is 11.9 Å². The summed E-state index contributed by atoms with van der Waals surface area (Å²) in [6.45, 7) is 3.84. The van der Waals surface area contributed by atoms with E-state index >= 15 is 4.39 Å². The summed E-state index contributed by atoms with van der Waals surface area (Å²) in [5.74, 6) is -0.882. The van der Waals surface area contributed by atoms with Crippen LogP contribution in [0, 0.1) is 18.7 Å². The van der Waals surface area contributed by atoms with Crippen LogP contribution in [0.3, 0.4) is 0 Å². The molecule has 1 aliphatic carbocycles. The molecule has 1 aliphatic rings. The summed E-state index contributed by atoms with van der Waals surface area (Å²) in [4.78, 5) is 12.0. The minimum absolute atomic E-state index is 0.160. The van der Waals surface area contributed by atoms with Gasteiger partial charge in [-0.15, -0.1) is 0 Å². The van der Waals surface area contributed by atoms with Crippen molar-refractivity contribution in [1.82, 2.24) is 19.8 Å². The van der Waals surface area contributed by atoms with E-state index in [1.807, 2.05) is 12.1 Å². The highest BCUT2D eigenvalue weighted by Crippen LogP contribution is 2.39. The van der Waals surface area contributed by atoms with E-state index in [9.17, 15) is 9.18 Å². The number of aromatic nitrogens is 4. The zero-order valence-corrected chi connectivity index (χ0v) is 16.4. The van der Waals surface area contributed by atoms with Crippen molar-refractivity contribution in [1.29, 1.82) is 0 Å². The van der Waals surface area contributed by atoms with Gasteiger partial charge in [-0.25, -0.2) is 13.3 Å². The average Bonchev–Trinajstić information content (AvgIpc) is 3.11. The topological polar surface area (TPSA) is 84.3 Å². The van der Waals surface area contributed by atoms with Gasteiger partial charge in [-0.3, -0.25) is 9.89 Å². The lowest BCUT2D eigenvalue weighted by atomic mass is 9.96. The van der Waals surface area contributed by atoms with Gasteiger partial charge in [0.1, 0.15) is 11.7 Å². The molecule has 154 valence electrons. The molecule has 1 saturated carbocycles. The van der Waals surface area contributed by atoms with Crippen LogP contribution in [0.4, 0.5) is 14.6 Å². The first-order chi connectivity index (χ1) is 14.5. The number of ether oxygens (including phenoxy) is 1. The number of nitrogens with zero attached hydrogens (tertiary/aromatic N) is 3. The number of nitrogens with one attached hydrogen (secondary N) is 2. The lowest BCUT2D eigenvalue weighted by Gasteiger charge is -2.14. The Kier molecular flexibility index (Phi) is 4.19. The molecule has 2 N–H and O–H groups in total. The Hall–Kier alpha value is -3.49. The van der Waals surface area contributed by atoms with E-state index in [2.05, 4.69) is 20.6 Å². The van der Waals surface area contributed by atoms with E-state index in [-0.39, 0.29) is 18.1 Å². The molecule has 3 heterocycles. The first-order valence-electron chi connectivity index (χ1n) is 9.70. The number of alkyl halides is 1. The molecular weight excluding hydrogens is 392 g/mol. The van der Waals surface area contributed by atoms with Crippen molar-refractivity contribution in [3.63, 3.8) is 0 Å². The number of anilines is 1. The quantitative estimate of drug-likeness (QED) is 0.520. The van der Waals surface area contributed by atoms with Crippen molar-refractivity contribution in [3.05, 3.63) is 42.0 Å². The third kappa shape index (κ3) is 2.89. The van der Waals surface area contributed by atoms with Crippen LogP contribution in [-0.2, 0) is 4.79 Å². The van der Waals surface area contributed by atoms with Crippen LogP contribution in [-0.4, -0.2) is 38.5 Å². The van der Waals surface area contributed by atoms with Crippen molar-refractivity contribution < 1.29 is 18.3 Å². The molecule has 5 rings (SSSR count). The van der Waals surface area contributed by atoms with E-state index in [1.54, 1.807) is 36.8 Å². The number of aromatic amines is 1. The van der Waals surface area contributed by atoms with Crippen molar-refractivity contribution in [3.8, 4) is 16.9 Å². The fourth-order valence-electron chi connectivity index (χ4n) is 3.76. The second-order valence-corrected chi connectivity index (χ2v) is 7.40. The second-order valence-electron chi connectivity index (χ2n) is 7.40. The monoisotopic (exact) mass is 411 g/mol. The maximum absolute atomic E-state index is 15.0. The number of carbonyl (C=O) groups excluding carboxylic acids is 1. The van der Waals surface area contributed by atoms with Gasteiger partial charge >= 0.3 is 0 Å². The largest absolute Gasteiger partial charge is 0.489 e. The van der Waals surface area contributed by atoms with Gasteiger partial charge in [0.15, 0.2) is 17.4 Å². The van der Waals surface area contributed by atoms with E-state index in [0.29, 0.717) is 34.6 Å². The molecule has 1 fully saturated rings. The lowest BCUT2D eigenvalue weighted by Crippen LogP contribution is -2.15. The van der Waals surface area contributed by atoms with Crippen molar-refractivity contribution in [2.24, 2.45) is 5.92 Å². The summed E-state index contributed by atoms with van der Waals surface area (Å²) in [7, 11) is 0. The number of carbonyl (C=O) groups is 1. The summed E-state index contributed by atoms with van der Waals surface area (Å²) in [6, 6.07) is 5.37. The van der Waals surface area contributed by atoms with Gasteiger partial charge in [0.2, 0.25) is 5.91 Å². The molecule has 1 aromatic carbocycles. The molecule has 0 aliphatic heterocycles. The predicted molar refractivity (Wildman–Crippen MR) is 108 cm³/mol. The molecule has 30 heavy (non-hydrogen) atoms. The molecule has 3 aromatic heterocycles. The van der Waals surface area contributed by atoms with Crippen LogP contribution in [0.25, 0.3) is 27.5 Å².